The van der Waals surface area contributed by atoms with E-state index in [1.807, 2.05) is 18.2 Å². The van der Waals surface area contributed by atoms with Gasteiger partial charge in [0.05, 0.1) is 17.5 Å². The summed E-state index contributed by atoms with van der Waals surface area (Å²) in [6, 6.07) is 14.5. The summed E-state index contributed by atoms with van der Waals surface area (Å²) < 4.78 is 39.9. The highest BCUT2D eigenvalue weighted by molar-refractivity contribution is 5.95. The van der Waals surface area contributed by atoms with E-state index in [0.717, 1.165) is 29.3 Å². The zero-order valence-electron chi connectivity index (χ0n) is 20.5. The molecule has 2 aliphatic carbocycles. The van der Waals surface area contributed by atoms with Crippen LogP contribution in [-0.2, 0) is 0 Å². The molecule has 0 saturated heterocycles. The largest absolute Gasteiger partial charge is 0.392 e. The van der Waals surface area contributed by atoms with Crippen LogP contribution in [0.5, 0.6) is 0 Å². The molecule has 0 bridgehead atoms. The van der Waals surface area contributed by atoms with Gasteiger partial charge in [-0.2, -0.15) is 13.2 Å². The van der Waals surface area contributed by atoms with E-state index >= 15 is 0 Å². The summed E-state index contributed by atoms with van der Waals surface area (Å²) in [5, 5.41) is 2.23. The van der Waals surface area contributed by atoms with Crippen molar-refractivity contribution in [3.63, 3.8) is 0 Å². The topological polar surface area (TPSA) is 3.24 Å². The summed E-state index contributed by atoms with van der Waals surface area (Å²) in [5.74, 6) is 0.485. The molecule has 4 heteroatoms. The first-order valence-corrected chi connectivity index (χ1v) is 12.2. The zero-order valence-corrected chi connectivity index (χ0v) is 20.5. The number of hydrogen-bond acceptors (Lipinski definition) is 1. The number of hydrogen-bond donors (Lipinski definition) is 0. The minimum atomic E-state index is -4.22. The minimum Gasteiger partial charge on any atom is -0.353 e. The Morgan fingerprint density at radius 2 is 1.74 bits per heavy atom. The van der Waals surface area contributed by atoms with Gasteiger partial charge in [0.15, 0.2) is 0 Å². The van der Waals surface area contributed by atoms with Gasteiger partial charge in [-0.15, -0.1) is 0 Å². The summed E-state index contributed by atoms with van der Waals surface area (Å²) >= 11 is 0. The van der Waals surface area contributed by atoms with Crippen LogP contribution >= 0.6 is 0 Å². The Morgan fingerprint density at radius 1 is 1.00 bits per heavy atom. The van der Waals surface area contributed by atoms with E-state index < -0.39 is 18.1 Å². The molecule has 2 aromatic rings. The molecule has 0 amide bonds. The van der Waals surface area contributed by atoms with E-state index in [1.165, 1.54) is 5.57 Å². The second-order valence-electron chi connectivity index (χ2n) is 10.3. The molecular formula is C30H34F3N. The molecule has 0 radical (unpaired) electrons. The van der Waals surface area contributed by atoms with Crippen molar-refractivity contribution in [3.05, 3.63) is 90.1 Å². The molecule has 0 heterocycles. The summed E-state index contributed by atoms with van der Waals surface area (Å²) in [6.45, 7) is 8.70. The molecule has 34 heavy (non-hydrogen) atoms. The number of allylic oxidation sites excluding steroid dienone is 4. The smallest absolute Gasteiger partial charge is 0.353 e. The van der Waals surface area contributed by atoms with Gasteiger partial charge in [-0.3, -0.25) is 0 Å². The highest BCUT2D eigenvalue weighted by Gasteiger charge is 2.44. The molecule has 0 fully saturated rings. The van der Waals surface area contributed by atoms with Gasteiger partial charge in [0.2, 0.25) is 0 Å². The van der Waals surface area contributed by atoms with Crippen molar-refractivity contribution < 1.29 is 13.2 Å². The fraction of sp³-hybridized carbons (Fsp3) is 0.400. The third-order valence-corrected chi connectivity index (χ3v) is 7.40. The van der Waals surface area contributed by atoms with Crippen molar-refractivity contribution in [3.8, 4) is 0 Å². The second-order valence-corrected chi connectivity index (χ2v) is 10.3. The molecule has 4 rings (SSSR count). The zero-order chi connectivity index (χ0) is 24.6. The van der Waals surface area contributed by atoms with Crippen molar-refractivity contribution in [2.24, 2.45) is 5.92 Å². The van der Waals surface area contributed by atoms with Gasteiger partial charge < -0.3 is 4.90 Å². The maximum Gasteiger partial charge on any atom is 0.392 e. The van der Waals surface area contributed by atoms with Crippen molar-refractivity contribution in [2.45, 2.75) is 70.6 Å². The molecule has 2 aromatic carbocycles. The summed E-state index contributed by atoms with van der Waals surface area (Å²) in [4.78, 5) is 2.36. The first kappa shape index (κ1) is 24.4. The summed E-state index contributed by atoms with van der Waals surface area (Å²) in [6.07, 6.45) is 9.42. The van der Waals surface area contributed by atoms with Crippen LogP contribution in [0.25, 0.3) is 10.8 Å². The number of rotatable bonds is 6. The van der Waals surface area contributed by atoms with E-state index in [9.17, 15) is 13.2 Å². The monoisotopic (exact) mass is 465 g/mol. The lowest BCUT2D eigenvalue weighted by Gasteiger charge is -2.53. The van der Waals surface area contributed by atoms with E-state index in [1.54, 1.807) is 12.2 Å². The van der Waals surface area contributed by atoms with Crippen LogP contribution in [0.15, 0.2) is 90.1 Å². The van der Waals surface area contributed by atoms with Gasteiger partial charge >= 0.3 is 6.18 Å². The number of halogens is 3. The highest BCUT2D eigenvalue weighted by atomic mass is 19.4. The van der Waals surface area contributed by atoms with E-state index in [2.05, 4.69) is 81.2 Å². The first-order chi connectivity index (χ1) is 16.0. The Hall–Kier alpha value is -2.75. The number of anilines is 1. The second kappa shape index (κ2) is 9.13. The molecule has 1 nitrogen and oxygen atoms in total. The molecule has 0 N–H and O–H groups in total. The van der Waals surface area contributed by atoms with Gasteiger partial charge in [-0.25, -0.2) is 0 Å². The predicted molar refractivity (Wildman–Crippen MR) is 137 cm³/mol. The summed E-state index contributed by atoms with van der Waals surface area (Å²) in [7, 11) is 0. The van der Waals surface area contributed by atoms with Gasteiger partial charge in [-0.05, 0) is 56.1 Å². The Labute approximate surface area is 201 Å². The quantitative estimate of drug-likeness (QED) is 0.411. The Morgan fingerprint density at radius 3 is 2.41 bits per heavy atom. The number of fused-ring (bicyclic) bond motifs is 1. The summed E-state index contributed by atoms with van der Waals surface area (Å²) in [5.41, 5.74) is 1.80. The van der Waals surface area contributed by atoms with Crippen molar-refractivity contribution in [2.75, 3.05) is 4.90 Å². The fourth-order valence-corrected chi connectivity index (χ4v) is 5.54. The van der Waals surface area contributed by atoms with Crippen LogP contribution in [0.3, 0.4) is 0 Å². The average molecular weight is 466 g/mol. The Bertz CT molecular complexity index is 1160. The van der Waals surface area contributed by atoms with Crippen molar-refractivity contribution in [1.82, 2.24) is 0 Å². The molecule has 0 saturated carbocycles. The maximum atomic E-state index is 13.3. The normalized spacial score (nSPS) is 25.7. The van der Waals surface area contributed by atoms with Gasteiger partial charge in [0.25, 0.3) is 0 Å². The van der Waals surface area contributed by atoms with Crippen LogP contribution in [-0.4, -0.2) is 17.3 Å². The Balaban J connectivity index is 1.82. The first-order valence-electron chi connectivity index (χ1n) is 12.2. The van der Waals surface area contributed by atoms with E-state index in [4.69, 9.17) is 0 Å². The van der Waals surface area contributed by atoms with Crippen molar-refractivity contribution in [1.29, 1.82) is 0 Å². The lowest BCUT2D eigenvalue weighted by atomic mass is 9.77. The lowest BCUT2D eigenvalue weighted by Crippen LogP contribution is -2.58. The standard InChI is InChI=1S/C30H34F3N/c1-5-22(2)24-15-18-28(3,19-16-24)34(27-14-8-12-25-11-6-7-13-26(25)27)29(4)17-9-10-23(20-29)21-30(31,32)33/h6-18,22H,5,19-21H2,1-4H3. The van der Waals surface area contributed by atoms with Gasteiger partial charge in [0.1, 0.15) is 0 Å². The number of benzene rings is 2. The van der Waals surface area contributed by atoms with E-state index in [-0.39, 0.29) is 5.54 Å². The maximum absolute atomic E-state index is 13.3. The highest BCUT2D eigenvalue weighted by Crippen LogP contribution is 2.46. The van der Waals surface area contributed by atoms with Gasteiger partial charge in [0, 0.05) is 11.1 Å². The molecule has 3 unspecified atom stereocenters. The molecule has 2 aliphatic rings. The number of alkyl halides is 3. The number of nitrogens with zero attached hydrogens (tertiary/aromatic N) is 1. The Kier molecular flexibility index (Phi) is 6.54. The van der Waals surface area contributed by atoms with Gasteiger partial charge in [-0.1, -0.05) is 92.3 Å². The van der Waals surface area contributed by atoms with Crippen LogP contribution in [0, 0.1) is 5.92 Å². The third kappa shape index (κ3) is 4.87. The molecule has 0 aromatic heterocycles. The van der Waals surface area contributed by atoms with Crippen LogP contribution in [0.2, 0.25) is 0 Å². The van der Waals surface area contributed by atoms with Crippen LogP contribution in [0.1, 0.15) is 53.4 Å². The third-order valence-electron chi connectivity index (χ3n) is 7.40. The van der Waals surface area contributed by atoms with Crippen LogP contribution < -0.4 is 4.90 Å². The molecular weight excluding hydrogens is 431 g/mol. The average Bonchev–Trinajstić information content (AvgIpc) is 2.78. The van der Waals surface area contributed by atoms with Crippen LogP contribution in [0.4, 0.5) is 18.9 Å². The molecule has 0 aliphatic heterocycles. The van der Waals surface area contributed by atoms with E-state index in [0.29, 0.717) is 17.9 Å². The molecule has 0 spiro atoms. The lowest BCUT2D eigenvalue weighted by molar-refractivity contribution is -0.127. The minimum absolute atomic E-state index is 0.331. The SMILES string of the molecule is CCC(C)C1=CCC(C)(N(c2cccc3ccccc23)C2(C)C=CC=C(CC(F)(F)F)C2)C=C1. The molecule has 3 atom stereocenters. The molecule has 180 valence electrons. The fourth-order valence-electron chi connectivity index (χ4n) is 5.54. The predicted octanol–water partition coefficient (Wildman–Crippen LogP) is 8.93. The van der Waals surface area contributed by atoms with Crippen molar-refractivity contribution >= 4 is 16.5 Å².